The molecule has 3 rings (SSSR count). The number of amides is 1. The fourth-order valence-electron chi connectivity index (χ4n) is 2.18. The summed E-state index contributed by atoms with van der Waals surface area (Å²) in [4.78, 5) is 16.2. The van der Waals surface area contributed by atoms with Crippen molar-refractivity contribution in [2.45, 2.75) is 12.3 Å². The first-order chi connectivity index (χ1) is 12.6. The molecule has 1 amide bonds. The monoisotopic (exact) mass is 407 g/mol. The van der Waals surface area contributed by atoms with Crippen LogP contribution in [0.25, 0.3) is 11.4 Å². The first kappa shape index (κ1) is 18.8. The molecule has 0 saturated carbocycles. The van der Waals surface area contributed by atoms with Gasteiger partial charge in [-0.1, -0.05) is 58.7 Å². The Kier molecular flexibility index (Phi) is 6.55. The number of nitrogens with zero attached hydrogens (tertiary/aromatic N) is 2. The van der Waals surface area contributed by atoms with Crippen molar-refractivity contribution in [3.8, 4) is 11.4 Å². The second-order valence-corrected chi connectivity index (χ2v) is 7.21. The molecule has 26 heavy (non-hydrogen) atoms. The van der Waals surface area contributed by atoms with Gasteiger partial charge in [0.05, 0.1) is 11.5 Å². The third-order valence-electron chi connectivity index (χ3n) is 3.44. The summed E-state index contributed by atoms with van der Waals surface area (Å²) in [5.41, 5.74) is 1.67. The van der Waals surface area contributed by atoms with Crippen molar-refractivity contribution < 1.29 is 9.32 Å². The number of benzene rings is 2. The van der Waals surface area contributed by atoms with E-state index in [1.165, 1.54) is 11.8 Å². The van der Waals surface area contributed by atoms with Crippen LogP contribution in [0.1, 0.15) is 11.5 Å². The van der Waals surface area contributed by atoms with Crippen molar-refractivity contribution in [2.75, 3.05) is 5.75 Å². The van der Waals surface area contributed by atoms with E-state index in [0.717, 1.165) is 11.1 Å². The fraction of sp³-hybridized carbons (Fsp3) is 0.167. The minimum atomic E-state index is -0.0792. The van der Waals surface area contributed by atoms with Crippen molar-refractivity contribution in [1.29, 1.82) is 0 Å². The molecule has 2 aromatic carbocycles. The normalized spacial score (nSPS) is 10.7. The van der Waals surface area contributed by atoms with Crippen LogP contribution in [-0.4, -0.2) is 21.8 Å². The molecule has 0 bridgehead atoms. The molecule has 1 aromatic heterocycles. The summed E-state index contributed by atoms with van der Waals surface area (Å²) in [6.07, 6.45) is 0. The highest BCUT2D eigenvalue weighted by atomic mass is 35.5. The maximum Gasteiger partial charge on any atom is 0.236 e. The first-order valence-corrected chi connectivity index (χ1v) is 9.69. The molecule has 0 aliphatic heterocycles. The number of halogens is 2. The Morgan fingerprint density at radius 1 is 1.15 bits per heavy atom. The zero-order valence-electron chi connectivity index (χ0n) is 13.6. The van der Waals surface area contributed by atoms with Crippen molar-refractivity contribution in [3.05, 3.63) is 70.0 Å². The Balaban J connectivity index is 1.45. The summed E-state index contributed by atoms with van der Waals surface area (Å²) in [6.45, 7) is 0.401. The number of nitrogens with one attached hydrogen (secondary N) is 1. The van der Waals surface area contributed by atoms with Crippen LogP contribution in [0.4, 0.5) is 0 Å². The van der Waals surface area contributed by atoms with E-state index in [2.05, 4.69) is 15.5 Å². The number of carbonyl (C=O) groups excluding carboxylic acids is 1. The van der Waals surface area contributed by atoms with Crippen LogP contribution in [0.15, 0.2) is 53.1 Å². The molecule has 8 heteroatoms. The standard InChI is InChI=1S/C18H15Cl2N3O2S/c19-14-6-3-5-12(8-14)18-22-17(25-23-18)11-26-10-16(24)21-9-13-4-1-2-7-15(13)20/h1-8H,9-11H2,(H,21,24). The molecule has 0 aliphatic rings. The quantitative estimate of drug-likeness (QED) is 0.619. The Hall–Kier alpha value is -2.02. The highest BCUT2D eigenvalue weighted by Crippen LogP contribution is 2.21. The van der Waals surface area contributed by atoms with Gasteiger partial charge in [0.1, 0.15) is 0 Å². The van der Waals surface area contributed by atoms with E-state index in [9.17, 15) is 4.79 Å². The lowest BCUT2D eigenvalue weighted by Crippen LogP contribution is -2.24. The zero-order valence-corrected chi connectivity index (χ0v) is 15.9. The Morgan fingerprint density at radius 2 is 2.00 bits per heavy atom. The molecule has 5 nitrogen and oxygen atoms in total. The van der Waals surface area contributed by atoms with E-state index in [0.29, 0.717) is 39.8 Å². The molecule has 3 aromatic rings. The van der Waals surface area contributed by atoms with Gasteiger partial charge in [-0.2, -0.15) is 4.98 Å². The average Bonchev–Trinajstić information content (AvgIpc) is 3.10. The van der Waals surface area contributed by atoms with E-state index in [4.69, 9.17) is 27.7 Å². The number of thioether (sulfide) groups is 1. The van der Waals surface area contributed by atoms with Gasteiger partial charge in [0.15, 0.2) is 0 Å². The summed E-state index contributed by atoms with van der Waals surface area (Å²) in [5.74, 6) is 1.60. The molecule has 0 atom stereocenters. The molecule has 0 radical (unpaired) electrons. The second-order valence-electron chi connectivity index (χ2n) is 5.38. The summed E-state index contributed by atoms with van der Waals surface area (Å²) < 4.78 is 5.21. The molecular weight excluding hydrogens is 393 g/mol. The summed E-state index contributed by atoms with van der Waals surface area (Å²) >= 11 is 13.4. The second kappa shape index (κ2) is 9.07. The number of hydrogen-bond acceptors (Lipinski definition) is 5. The SMILES string of the molecule is O=C(CSCc1nc(-c2cccc(Cl)c2)no1)NCc1ccccc1Cl. The van der Waals surface area contributed by atoms with E-state index in [1.807, 2.05) is 30.3 Å². The van der Waals surface area contributed by atoms with Gasteiger partial charge in [-0.05, 0) is 23.8 Å². The maximum atomic E-state index is 11.9. The maximum absolute atomic E-state index is 11.9. The van der Waals surface area contributed by atoms with E-state index < -0.39 is 0 Å². The molecule has 0 fully saturated rings. The Labute approximate surface area is 165 Å². The van der Waals surface area contributed by atoms with Crippen molar-refractivity contribution >= 4 is 40.9 Å². The van der Waals surface area contributed by atoms with Crippen LogP contribution >= 0.6 is 35.0 Å². The predicted octanol–water partition coefficient (Wildman–Crippen LogP) is 4.59. The van der Waals surface area contributed by atoms with Gasteiger partial charge in [-0.25, -0.2) is 0 Å². The number of hydrogen-bond donors (Lipinski definition) is 1. The van der Waals surface area contributed by atoms with E-state index in [-0.39, 0.29) is 5.91 Å². The van der Waals surface area contributed by atoms with Crippen molar-refractivity contribution in [2.24, 2.45) is 0 Å². The average molecular weight is 408 g/mol. The minimum absolute atomic E-state index is 0.0792. The Bertz CT molecular complexity index is 901. The molecule has 1 heterocycles. The van der Waals surface area contributed by atoms with Crippen molar-refractivity contribution in [3.63, 3.8) is 0 Å². The molecule has 0 spiro atoms. The molecule has 134 valence electrons. The van der Waals surface area contributed by atoms with Crippen LogP contribution in [0.3, 0.4) is 0 Å². The topological polar surface area (TPSA) is 68.0 Å². The zero-order chi connectivity index (χ0) is 18.4. The Morgan fingerprint density at radius 3 is 2.81 bits per heavy atom. The third-order valence-corrected chi connectivity index (χ3v) is 4.96. The van der Waals surface area contributed by atoms with E-state index in [1.54, 1.807) is 18.2 Å². The fourth-order valence-corrected chi connectivity index (χ4v) is 3.25. The van der Waals surface area contributed by atoms with Gasteiger partial charge in [0.25, 0.3) is 0 Å². The summed E-state index contributed by atoms with van der Waals surface area (Å²) in [7, 11) is 0. The third kappa shape index (κ3) is 5.24. The van der Waals surface area contributed by atoms with Crippen LogP contribution in [0.5, 0.6) is 0 Å². The number of rotatable bonds is 7. The highest BCUT2D eigenvalue weighted by molar-refractivity contribution is 7.99. The van der Waals surface area contributed by atoms with Crippen LogP contribution in [0, 0.1) is 0 Å². The predicted molar refractivity (Wildman–Crippen MR) is 104 cm³/mol. The van der Waals surface area contributed by atoms with E-state index >= 15 is 0 Å². The molecule has 1 N–H and O–H groups in total. The summed E-state index contributed by atoms with van der Waals surface area (Å²) in [5, 5.41) is 8.02. The van der Waals surface area contributed by atoms with Crippen LogP contribution in [-0.2, 0) is 17.1 Å². The smallest absolute Gasteiger partial charge is 0.236 e. The van der Waals surface area contributed by atoms with Gasteiger partial charge in [-0.15, -0.1) is 11.8 Å². The molecule has 0 saturated heterocycles. The first-order valence-electron chi connectivity index (χ1n) is 7.78. The van der Waals surface area contributed by atoms with Gasteiger partial charge >= 0.3 is 0 Å². The molecular formula is C18H15Cl2N3O2S. The molecule has 0 aliphatic carbocycles. The largest absolute Gasteiger partial charge is 0.351 e. The molecule has 0 unspecified atom stereocenters. The minimum Gasteiger partial charge on any atom is -0.351 e. The van der Waals surface area contributed by atoms with Crippen molar-refractivity contribution in [1.82, 2.24) is 15.5 Å². The number of aromatic nitrogens is 2. The van der Waals surface area contributed by atoms with Gasteiger partial charge < -0.3 is 9.84 Å². The van der Waals surface area contributed by atoms with Gasteiger partial charge in [0, 0.05) is 22.2 Å². The highest BCUT2D eigenvalue weighted by Gasteiger charge is 2.10. The lowest BCUT2D eigenvalue weighted by atomic mass is 10.2. The van der Waals surface area contributed by atoms with Crippen LogP contribution in [0.2, 0.25) is 10.0 Å². The number of carbonyl (C=O) groups is 1. The lowest BCUT2D eigenvalue weighted by molar-refractivity contribution is -0.118. The van der Waals surface area contributed by atoms with Gasteiger partial charge in [0.2, 0.25) is 17.6 Å². The van der Waals surface area contributed by atoms with Crippen LogP contribution < -0.4 is 5.32 Å². The summed E-state index contributed by atoms with van der Waals surface area (Å²) in [6, 6.07) is 14.6. The van der Waals surface area contributed by atoms with Gasteiger partial charge in [-0.3, -0.25) is 4.79 Å². The lowest BCUT2D eigenvalue weighted by Gasteiger charge is -2.06.